The van der Waals surface area contributed by atoms with E-state index in [2.05, 4.69) is 0 Å². The SMILES string of the molecule is O=C(c1cccc2c1OCCO2)N(CCCl)C1CCC1. The third-order valence-electron chi connectivity index (χ3n) is 3.90. The van der Waals surface area contributed by atoms with Crippen LogP contribution in [0.15, 0.2) is 18.2 Å². The normalized spacial score (nSPS) is 17.4. The molecule has 0 bridgehead atoms. The number of hydrogen-bond donors (Lipinski definition) is 0. The first-order chi connectivity index (χ1) is 9.81. The second-order valence-electron chi connectivity index (χ2n) is 5.10. The highest BCUT2D eigenvalue weighted by molar-refractivity contribution is 6.18. The molecule has 1 aliphatic heterocycles. The number of alkyl halides is 1. The van der Waals surface area contributed by atoms with E-state index in [1.54, 1.807) is 6.07 Å². The maximum absolute atomic E-state index is 12.8. The van der Waals surface area contributed by atoms with Gasteiger partial charge in [0.25, 0.3) is 5.91 Å². The predicted molar refractivity (Wildman–Crippen MR) is 76.8 cm³/mol. The fraction of sp³-hybridized carbons (Fsp3) is 0.533. The minimum Gasteiger partial charge on any atom is -0.486 e. The molecule has 5 heteroatoms. The number of halogens is 1. The highest BCUT2D eigenvalue weighted by Gasteiger charge is 2.31. The summed E-state index contributed by atoms with van der Waals surface area (Å²) in [4.78, 5) is 14.7. The van der Waals surface area contributed by atoms with Gasteiger partial charge in [-0.1, -0.05) is 6.07 Å². The van der Waals surface area contributed by atoms with Gasteiger partial charge in [0.05, 0.1) is 5.56 Å². The molecule has 0 saturated heterocycles. The summed E-state index contributed by atoms with van der Waals surface area (Å²) in [6.45, 7) is 1.59. The number of ether oxygens (including phenoxy) is 2. The number of carbonyl (C=O) groups excluding carboxylic acids is 1. The standard InChI is InChI=1S/C15H18ClNO3/c16-7-8-17(11-3-1-4-11)15(18)12-5-2-6-13-14(12)20-10-9-19-13/h2,5-6,11H,1,3-4,7-10H2. The van der Waals surface area contributed by atoms with Crippen molar-refractivity contribution in [1.82, 2.24) is 4.90 Å². The molecule has 20 heavy (non-hydrogen) atoms. The second kappa shape index (κ2) is 5.92. The van der Waals surface area contributed by atoms with Crippen LogP contribution >= 0.6 is 11.6 Å². The number of para-hydroxylation sites is 1. The smallest absolute Gasteiger partial charge is 0.258 e. The lowest BCUT2D eigenvalue weighted by Gasteiger charge is -2.37. The Morgan fingerprint density at radius 2 is 2.10 bits per heavy atom. The molecular weight excluding hydrogens is 278 g/mol. The summed E-state index contributed by atoms with van der Waals surface area (Å²) in [6.07, 6.45) is 3.31. The Kier molecular flexibility index (Phi) is 4.01. The Hall–Kier alpha value is -1.42. The number of rotatable bonds is 4. The zero-order valence-electron chi connectivity index (χ0n) is 11.3. The van der Waals surface area contributed by atoms with Crippen LogP contribution < -0.4 is 9.47 Å². The molecule has 0 aromatic heterocycles. The Balaban J connectivity index is 1.88. The maximum Gasteiger partial charge on any atom is 0.258 e. The molecule has 1 amide bonds. The van der Waals surface area contributed by atoms with E-state index in [1.165, 1.54) is 6.42 Å². The lowest BCUT2D eigenvalue weighted by atomic mass is 9.91. The molecule has 1 aliphatic carbocycles. The van der Waals surface area contributed by atoms with Crippen LogP contribution in [0, 0.1) is 0 Å². The molecule has 4 nitrogen and oxygen atoms in total. The van der Waals surface area contributed by atoms with Gasteiger partial charge in [-0.2, -0.15) is 0 Å². The van der Waals surface area contributed by atoms with Gasteiger partial charge in [-0.05, 0) is 31.4 Å². The van der Waals surface area contributed by atoms with Gasteiger partial charge in [0.15, 0.2) is 11.5 Å². The van der Waals surface area contributed by atoms with Gasteiger partial charge < -0.3 is 14.4 Å². The van der Waals surface area contributed by atoms with Crippen LogP contribution in [0.3, 0.4) is 0 Å². The summed E-state index contributed by atoms with van der Waals surface area (Å²) in [6, 6.07) is 5.79. The summed E-state index contributed by atoms with van der Waals surface area (Å²) in [5.41, 5.74) is 0.583. The van der Waals surface area contributed by atoms with Crippen LogP contribution in [0.2, 0.25) is 0 Å². The van der Waals surface area contributed by atoms with E-state index in [1.807, 2.05) is 17.0 Å². The van der Waals surface area contributed by atoms with Crippen molar-refractivity contribution in [3.63, 3.8) is 0 Å². The number of benzene rings is 1. The van der Waals surface area contributed by atoms with Crippen molar-refractivity contribution in [3.05, 3.63) is 23.8 Å². The fourth-order valence-electron chi connectivity index (χ4n) is 2.64. The highest BCUT2D eigenvalue weighted by atomic mass is 35.5. The quantitative estimate of drug-likeness (QED) is 0.802. The monoisotopic (exact) mass is 295 g/mol. The van der Waals surface area contributed by atoms with E-state index in [-0.39, 0.29) is 5.91 Å². The van der Waals surface area contributed by atoms with E-state index in [4.69, 9.17) is 21.1 Å². The number of amides is 1. The Morgan fingerprint density at radius 1 is 1.30 bits per heavy atom. The summed E-state index contributed by atoms with van der Waals surface area (Å²) < 4.78 is 11.2. The van der Waals surface area contributed by atoms with E-state index in [0.29, 0.717) is 48.7 Å². The van der Waals surface area contributed by atoms with Crippen LogP contribution in [0.1, 0.15) is 29.6 Å². The maximum atomic E-state index is 12.8. The minimum absolute atomic E-state index is 0.00213. The lowest BCUT2D eigenvalue weighted by Crippen LogP contribution is -2.45. The van der Waals surface area contributed by atoms with Crippen molar-refractivity contribution in [1.29, 1.82) is 0 Å². The molecule has 1 heterocycles. The topological polar surface area (TPSA) is 38.8 Å². The summed E-state index contributed by atoms with van der Waals surface area (Å²) in [5.74, 6) is 1.68. The number of hydrogen-bond acceptors (Lipinski definition) is 3. The predicted octanol–water partition coefficient (Wildman–Crippen LogP) is 2.69. The van der Waals surface area contributed by atoms with Crippen LogP contribution in [0.5, 0.6) is 11.5 Å². The molecule has 1 fully saturated rings. The Morgan fingerprint density at radius 3 is 2.80 bits per heavy atom. The number of nitrogens with zero attached hydrogens (tertiary/aromatic N) is 1. The van der Waals surface area contributed by atoms with E-state index in [9.17, 15) is 4.79 Å². The molecule has 0 N–H and O–H groups in total. The van der Waals surface area contributed by atoms with Crippen molar-refractivity contribution in [2.75, 3.05) is 25.6 Å². The fourth-order valence-corrected chi connectivity index (χ4v) is 2.82. The van der Waals surface area contributed by atoms with Gasteiger partial charge in [-0.15, -0.1) is 11.6 Å². The Labute approximate surface area is 123 Å². The third kappa shape index (κ3) is 2.44. The minimum atomic E-state index is -0.00213. The average molecular weight is 296 g/mol. The first-order valence-corrected chi connectivity index (χ1v) is 7.60. The van der Waals surface area contributed by atoms with Gasteiger partial charge in [0.1, 0.15) is 13.2 Å². The molecule has 3 rings (SSSR count). The molecule has 1 saturated carbocycles. The molecule has 0 spiro atoms. The number of fused-ring (bicyclic) bond motifs is 1. The summed E-state index contributed by atoms with van der Waals surface area (Å²) in [5, 5.41) is 0. The zero-order chi connectivity index (χ0) is 13.9. The highest BCUT2D eigenvalue weighted by Crippen LogP contribution is 2.35. The second-order valence-corrected chi connectivity index (χ2v) is 5.48. The van der Waals surface area contributed by atoms with Crippen molar-refractivity contribution in [3.8, 4) is 11.5 Å². The molecule has 1 aromatic carbocycles. The molecule has 108 valence electrons. The largest absolute Gasteiger partial charge is 0.486 e. The third-order valence-corrected chi connectivity index (χ3v) is 4.07. The summed E-state index contributed by atoms with van der Waals surface area (Å²) >= 11 is 5.85. The van der Waals surface area contributed by atoms with Crippen molar-refractivity contribution < 1.29 is 14.3 Å². The van der Waals surface area contributed by atoms with Crippen LogP contribution in [0.25, 0.3) is 0 Å². The van der Waals surface area contributed by atoms with Crippen LogP contribution in [0.4, 0.5) is 0 Å². The Bertz CT molecular complexity index is 502. The first-order valence-electron chi connectivity index (χ1n) is 7.07. The van der Waals surface area contributed by atoms with Gasteiger partial charge in [-0.3, -0.25) is 4.79 Å². The van der Waals surface area contributed by atoms with E-state index < -0.39 is 0 Å². The van der Waals surface area contributed by atoms with E-state index in [0.717, 1.165) is 12.8 Å². The van der Waals surface area contributed by atoms with Crippen LogP contribution in [-0.4, -0.2) is 42.5 Å². The number of carbonyl (C=O) groups is 1. The van der Waals surface area contributed by atoms with Gasteiger partial charge >= 0.3 is 0 Å². The summed E-state index contributed by atoms with van der Waals surface area (Å²) in [7, 11) is 0. The average Bonchev–Trinajstić information content (AvgIpc) is 2.43. The molecule has 0 unspecified atom stereocenters. The van der Waals surface area contributed by atoms with Crippen LogP contribution in [-0.2, 0) is 0 Å². The molecular formula is C15H18ClNO3. The molecule has 0 radical (unpaired) electrons. The lowest BCUT2D eigenvalue weighted by molar-refractivity contribution is 0.0588. The first kappa shape index (κ1) is 13.6. The van der Waals surface area contributed by atoms with E-state index >= 15 is 0 Å². The van der Waals surface area contributed by atoms with Gasteiger partial charge in [0.2, 0.25) is 0 Å². The zero-order valence-corrected chi connectivity index (χ0v) is 12.1. The van der Waals surface area contributed by atoms with Crippen molar-refractivity contribution in [2.45, 2.75) is 25.3 Å². The molecule has 1 aromatic rings. The van der Waals surface area contributed by atoms with Crippen molar-refractivity contribution >= 4 is 17.5 Å². The van der Waals surface area contributed by atoms with Gasteiger partial charge in [-0.25, -0.2) is 0 Å². The molecule has 0 atom stereocenters. The van der Waals surface area contributed by atoms with Gasteiger partial charge in [0, 0.05) is 18.5 Å². The van der Waals surface area contributed by atoms with Crippen molar-refractivity contribution in [2.24, 2.45) is 0 Å². The molecule has 2 aliphatic rings.